The molecule has 0 aromatic rings. The minimum Gasteiger partial charge on any atom is -0.377 e. The second-order valence-electron chi connectivity index (χ2n) is 5.23. The van der Waals surface area contributed by atoms with Crippen molar-refractivity contribution in [3.8, 4) is 0 Å². The van der Waals surface area contributed by atoms with Crippen LogP contribution in [0.1, 0.15) is 33.6 Å². The van der Waals surface area contributed by atoms with E-state index >= 15 is 0 Å². The van der Waals surface area contributed by atoms with Crippen LogP contribution < -0.4 is 5.32 Å². The van der Waals surface area contributed by atoms with E-state index in [2.05, 4.69) is 5.32 Å². The van der Waals surface area contributed by atoms with Gasteiger partial charge in [0.2, 0.25) is 0 Å². The summed E-state index contributed by atoms with van der Waals surface area (Å²) in [6, 6.07) is 1.64. The Morgan fingerprint density at radius 1 is 0.625 bits per heavy atom. The average molecular weight is 384 g/mol. The fourth-order valence-electron chi connectivity index (χ4n) is 2.54. The Hall–Kier alpha value is 0.154. The molecule has 0 bridgehead atoms. The highest BCUT2D eigenvalue weighted by atomic mass is 28.4. The molecule has 0 fully saturated rings. The van der Waals surface area contributed by atoms with Gasteiger partial charge in [0.1, 0.15) is 0 Å². The van der Waals surface area contributed by atoms with Gasteiger partial charge in [-0.15, -0.1) is 0 Å². The molecule has 0 saturated carbocycles. The van der Waals surface area contributed by atoms with Crippen molar-refractivity contribution in [1.29, 1.82) is 0 Å². The third kappa shape index (κ3) is 9.02. The van der Waals surface area contributed by atoms with Crippen molar-refractivity contribution in [3.05, 3.63) is 0 Å². The highest BCUT2D eigenvalue weighted by molar-refractivity contribution is 6.61. The molecule has 1 N–H and O–H groups in total. The third-order valence-corrected chi connectivity index (χ3v) is 9.68. The first kappa shape index (κ1) is 24.2. The second kappa shape index (κ2) is 14.3. The van der Waals surface area contributed by atoms with E-state index in [1.807, 2.05) is 20.8 Å². The van der Waals surface area contributed by atoms with Crippen LogP contribution in [0, 0.1) is 0 Å². The van der Waals surface area contributed by atoms with E-state index in [0.29, 0.717) is 19.8 Å². The molecule has 146 valence electrons. The Morgan fingerprint density at radius 2 is 1.00 bits per heavy atom. The van der Waals surface area contributed by atoms with E-state index in [1.54, 1.807) is 21.3 Å². The van der Waals surface area contributed by atoms with Gasteiger partial charge in [-0.1, -0.05) is 0 Å². The van der Waals surface area contributed by atoms with Gasteiger partial charge in [-0.3, -0.25) is 0 Å². The molecule has 0 aromatic heterocycles. The summed E-state index contributed by atoms with van der Waals surface area (Å²) in [6.45, 7) is 9.62. The molecule has 0 aromatic carbocycles. The molecule has 0 aliphatic rings. The van der Waals surface area contributed by atoms with Crippen LogP contribution in [0.3, 0.4) is 0 Å². The van der Waals surface area contributed by atoms with Gasteiger partial charge in [-0.05, 0) is 46.7 Å². The van der Waals surface area contributed by atoms with Gasteiger partial charge < -0.3 is 31.9 Å². The predicted molar refractivity (Wildman–Crippen MR) is 99.1 cm³/mol. The molecule has 9 heteroatoms. The molecule has 0 saturated heterocycles. The van der Waals surface area contributed by atoms with Crippen molar-refractivity contribution in [3.63, 3.8) is 0 Å². The van der Waals surface area contributed by atoms with Gasteiger partial charge in [0.05, 0.1) is 0 Å². The average Bonchev–Trinajstić information content (AvgIpc) is 2.59. The summed E-state index contributed by atoms with van der Waals surface area (Å²) in [4.78, 5) is 0. The molecule has 0 rings (SSSR count). The summed E-state index contributed by atoms with van der Waals surface area (Å²) in [5.41, 5.74) is 0. The maximum absolute atomic E-state index is 5.85. The Labute approximate surface area is 150 Å². The number of hydrogen-bond acceptors (Lipinski definition) is 7. The van der Waals surface area contributed by atoms with Gasteiger partial charge in [0.15, 0.2) is 0 Å². The molecule has 24 heavy (non-hydrogen) atoms. The molecular formula is C15H37NO6Si2. The summed E-state index contributed by atoms with van der Waals surface area (Å²) < 4.78 is 33.8. The molecule has 0 heterocycles. The quantitative estimate of drug-likeness (QED) is 0.305. The van der Waals surface area contributed by atoms with E-state index < -0.39 is 17.6 Å². The lowest BCUT2D eigenvalue weighted by Gasteiger charge is -2.28. The normalized spacial score (nSPS) is 12.8. The second-order valence-corrected chi connectivity index (χ2v) is 11.1. The largest absolute Gasteiger partial charge is 0.500 e. The Morgan fingerprint density at radius 3 is 1.33 bits per heavy atom. The third-order valence-electron chi connectivity index (χ3n) is 3.70. The number of rotatable bonds is 17. The Kier molecular flexibility index (Phi) is 14.4. The molecule has 0 unspecified atom stereocenters. The molecule has 0 atom stereocenters. The lowest BCUT2D eigenvalue weighted by atomic mass is 10.4. The van der Waals surface area contributed by atoms with Gasteiger partial charge in [-0.25, -0.2) is 0 Å². The zero-order chi connectivity index (χ0) is 18.3. The molecule has 0 radical (unpaired) electrons. The lowest BCUT2D eigenvalue weighted by Crippen LogP contribution is -2.46. The Bertz CT molecular complexity index is 270. The summed E-state index contributed by atoms with van der Waals surface area (Å²) >= 11 is 0. The molecule has 0 spiro atoms. The van der Waals surface area contributed by atoms with E-state index in [1.165, 1.54) is 0 Å². The summed E-state index contributed by atoms with van der Waals surface area (Å²) in [5, 5.41) is 3.44. The van der Waals surface area contributed by atoms with Crippen molar-refractivity contribution >= 4 is 17.6 Å². The standard InChI is InChI=1S/C15H37NO6Si2/c1-7-20-24(21-8-2,22-9-3)15-11-13-16-12-10-14-23(17-4,18-5)19-6/h16H,7-15H2,1-6H3. The summed E-state index contributed by atoms with van der Waals surface area (Å²) in [5.74, 6) is 0. The van der Waals surface area contributed by atoms with E-state index in [0.717, 1.165) is 38.0 Å². The zero-order valence-corrected chi connectivity index (χ0v) is 18.3. The highest BCUT2D eigenvalue weighted by Crippen LogP contribution is 2.18. The first-order valence-corrected chi connectivity index (χ1v) is 12.7. The van der Waals surface area contributed by atoms with Crippen LogP contribution in [0.5, 0.6) is 0 Å². The lowest BCUT2D eigenvalue weighted by molar-refractivity contribution is 0.0708. The van der Waals surface area contributed by atoms with Crippen LogP contribution in [0.2, 0.25) is 12.1 Å². The maximum Gasteiger partial charge on any atom is 0.500 e. The van der Waals surface area contributed by atoms with Crippen molar-refractivity contribution < 1.29 is 26.6 Å². The van der Waals surface area contributed by atoms with Gasteiger partial charge in [0, 0.05) is 53.2 Å². The zero-order valence-electron chi connectivity index (χ0n) is 16.3. The molecule has 0 aliphatic heterocycles. The van der Waals surface area contributed by atoms with Crippen LogP contribution >= 0.6 is 0 Å². The van der Waals surface area contributed by atoms with Gasteiger partial charge in [-0.2, -0.15) is 0 Å². The summed E-state index contributed by atoms with van der Waals surface area (Å²) in [7, 11) is -0.0109. The first-order valence-electron chi connectivity index (χ1n) is 8.85. The SMILES string of the molecule is CCO[Si](CCCNCCC[Si](OC)(OC)OC)(OCC)OCC. The minimum absolute atomic E-state index is 0.622. The van der Waals surface area contributed by atoms with Gasteiger partial charge >= 0.3 is 17.6 Å². The van der Waals surface area contributed by atoms with E-state index in [-0.39, 0.29) is 0 Å². The molecule has 0 amide bonds. The number of nitrogens with one attached hydrogen (secondary N) is 1. The molecule has 7 nitrogen and oxygen atoms in total. The van der Waals surface area contributed by atoms with Crippen molar-refractivity contribution in [1.82, 2.24) is 5.32 Å². The minimum atomic E-state index is -2.50. The van der Waals surface area contributed by atoms with Crippen molar-refractivity contribution in [2.75, 3.05) is 54.2 Å². The topological polar surface area (TPSA) is 67.4 Å². The molecule has 0 aliphatic carbocycles. The Balaban J connectivity index is 4.04. The van der Waals surface area contributed by atoms with E-state index in [9.17, 15) is 0 Å². The fraction of sp³-hybridized carbons (Fsp3) is 1.00. The first-order chi connectivity index (χ1) is 11.6. The van der Waals surface area contributed by atoms with Crippen LogP contribution in [0.25, 0.3) is 0 Å². The highest BCUT2D eigenvalue weighted by Gasteiger charge is 2.39. The fourth-order valence-corrected chi connectivity index (χ4v) is 6.88. The summed E-state index contributed by atoms with van der Waals surface area (Å²) in [6.07, 6.45) is 1.92. The predicted octanol–water partition coefficient (Wildman–Crippen LogP) is 2.28. The smallest absolute Gasteiger partial charge is 0.377 e. The molecular weight excluding hydrogens is 346 g/mol. The van der Waals surface area contributed by atoms with Crippen LogP contribution in [0.15, 0.2) is 0 Å². The van der Waals surface area contributed by atoms with Crippen LogP contribution in [0.4, 0.5) is 0 Å². The van der Waals surface area contributed by atoms with Gasteiger partial charge in [0.25, 0.3) is 0 Å². The maximum atomic E-state index is 5.85. The van der Waals surface area contributed by atoms with Crippen LogP contribution in [-0.2, 0) is 26.6 Å². The number of hydrogen-bond donors (Lipinski definition) is 1. The van der Waals surface area contributed by atoms with E-state index in [4.69, 9.17) is 26.6 Å². The van der Waals surface area contributed by atoms with Crippen molar-refractivity contribution in [2.24, 2.45) is 0 Å². The monoisotopic (exact) mass is 383 g/mol. The van der Waals surface area contributed by atoms with Crippen molar-refractivity contribution in [2.45, 2.75) is 45.7 Å². The van der Waals surface area contributed by atoms with Crippen LogP contribution in [-0.4, -0.2) is 71.8 Å².